The van der Waals surface area contributed by atoms with E-state index in [1.54, 1.807) is 23.8 Å². The largest absolute Gasteiger partial charge is 0.497 e. The Kier molecular flexibility index (Phi) is 9.67. The van der Waals surface area contributed by atoms with Crippen LogP contribution in [0.3, 0.4) is 0 Å². The number of rotatable bonds is 9. The first-order chi connectivity index (χ1) is 21.5. The molecule has 3 aromatic rings. The molecule has 2 aliphatic heterocycles. The minimum absolute atomic E-state index is 0.0163. The smallest absolute Gasteiger partial charge is 0.410 e. The van der Waals surface area contributed by atoms with Crippen LogP contribution < -0.4 is 19.8 Å². The van der Waals surface area contributed by atoms with Crippen LogP contribution in [0.2, 0.25) is 0 Å². The summed E-state index contributed by atoms with van der Waals surface area (Å²) in [4.78, 5) is 41.9. The number of ether oxygens (including phenoxy) is 4. The van der Waals surface area contributed by atoms with Gasteiger partial charge in [-0.25, -0.2) is 9.59 Å². The van der Waals surface area contributed by atoms with Gasteiger partial charge >= 0.3 is 12.1 Å². The number of carbonyl (C=O) groups excluding carboxylic acids is 1. The number of amides is 1. The van der Waals surface area contributed by atoms with E-state index in [1.807, 2.05) is 49.9 Å². The third-order valence-electron chi connectivity index (χ3n) is 7.98. The third-order valence-corrected chi connectivity index (χ3v) is 7.98. The van der Waals surface area contributed by atoms with Gasteiger partial charge in [0.25, 0.3) is 5.56 Å². The lowest BCUT2D eigenvalue weighted by molar-refractivity contribution is -0.131. The fourth-order valence-electron chi connectivity index (χ4n) is 5.78. The molecule has 2 aromatic carbocycles. The molecule has 1 N–H and O–H groups in total. The van der Waals surface area contributed by atoms with Crippen LogP contribution in [0.4, 0.5) is 4.79 Å². The average molecular weight is 620 g/mol. The van der Waals surface area contributed by atoms with E-state index in [4.69, 9.17) is 24.1 Å². The van der Waals surface area contributed by atoms with Gasteiger partial charge < -0.3 is 38.4 Å². The van der Waals surface area contributed by atoms with E-state index in [-0.39, 0.29) is 17.7 Å². The maximum Gasteiger partial charge on any atom is 0.410 e. The fourth-order valence-corrected chi connectivity index (χ4v) is 5.78. The number of nitrogens with zero attached hydrogens (tertiary/aromatic N) is 3. The summed E-state index contributed by atoms with van der Waals surface area (Å²) in [7, 11) is 1.57. The van der Waals surface area contributed by atoms with Crippen LogP contribution >= 0.6 is 0 Å². The van der Waals surface area contributed by atoms with E-state index in [0.29, 0.717) is 61.2 Å². The number of aromatic nitrogens is 1. The summed E-state index contributed by atoms with van der Waals surface area (Å²) in [6.45, 7) is 9.59. The highest BCUT2D eigenvalue weighted by Crippen LogP contribution is 2.32. The minimum Gasteiger partial charge on any atom is -0.497 e. The van der Waals surface area contributed by atoms with Crippen molar-refractivity contribution in [2.75, 3.05) is 40.0 Å². The van der Waals surface area contributed by atoms with Crippen LogP contribution in [0.15, 0.2) is 53.3 Å². The van der Waals surface area contributed by atoms with Crippen LogP contribution in [0.25, 0.3) is 17.0 Å². The van der Waals surface area contributed by atoms with Gasteiger partial charge in [-0.2, -0.15) is 0 Å². The Labute approximate surface area is 262 Å². The SMILES string of the molecule is COc1ccc2c(/C=C/C(=O)O)cc(=O)n(CCN3CCC(N(Cc4ccc5c(c4)OCCO5)C(=O)OC(C)(C)C)CC3)c2c1. The average Bonchev–Trinajstić information content (AvgIpc) is 3.01. The van der Waals surface area contributed by atoms with Crippen LogP contribution in [-0.2, 0) is 22.6 Å². The van der Waals surface area contributed by atoms with Gasteiger partial charge in [0.05, 0.1) is 12.6 Å². The maximum atomic E-state index is 13.4. The summed E-state index contributed by atoms with van der Waals surface area (Å²) < 4.78 is 24.4. The number of methoxy groups -OCH3 is 1. The molecule has 0 atom stereocenters. The van der Waals surface area contributed by atoms with Gasteiger partial charge in [-0.15, -0.1) is 0 Å². The summed E-state index contributed by atoms with van der Waals surface area (Å²) in [5.74, 6) is 0.916. The van der Waals surface area contributed by atoms with Crippen molar-refractivity contribution >= 4 is 29.0 Å². The van der Waals surface area contributed by atoms with Crippen LogP contribution in [0.1, 0.15) is 44.7 Å². The lowest BCUT2D eigenvalue weighted by Crippen LogP contribution is -2.49. The van der Waals surface area contributed by atoms with Crippen molar-refractivity contribution < 1.29 is 33.6 Å². The third kappa shape index (κ3) is 7.96. The number of carbonyl (C=O) groups is 2. The minimum atomic E-state index is -1.08. The molecular weight excluding hydrogens is 578 g/mol. The van der Waals surface area contributed by atoms with Crippen molar-refractivity contribution in [1.82, 2.24) is 14.4 Å². The summed E-state index contributed by atoms with van der Waals surface area (Å²) >= 11 is 0. The molecule has 0 radical (unpaired) electrons. The molecule has 1 fully saturated rings. The van der Waals surface area contributed by atoms with Crippen molar-refractivity contribution in [3.05, 3.63) is 70.0 Å². The lowest BCUT2D eigenvalue weighted by Gasteiger charge is -2.39. The second-order valence-electron chi connectivity index (χ2n) is 12.3. The number of piperidine rings is 1. The van der Waals surface area contributed by atoms with Gasteiger partial charge in [-0.1, -0.05) is 6.07 Å². The number of aliphatic carboxylic acids is 1. The Balaban J connectivity index is 1.29. The quantitative estimate of drug-likeness (QED) is 0.338. The zero-order valence-electron chi connectivity index (χ0n) is 26.3. The fraction of sp³-hybridized carbons (Fsp3) is 0.441. The Morgan fingerprint density at radius 2 is 1.76 bits per heavy atom. The molecule has 0 spiro atoms. The highest BCUT2D eigenvalue weighted by molar-refractivity contribution is 5.93. The van der Waals surface area contributed by atoms with Gasteiger partial charge in [0, 0.05) is 62.4 Å². The van der Waals surface area contributed by atoms with E-state index < -0.39 is 11.6 Å². The van der Waals surface area contributed by atoms with Crippen molar-refractivity contribution in [2.24, 2.45) is 0 Å². The van der Waals surface area contributed by atoms with Gasteiger partial charge in [0.2, 0.25) is 0 Å². The Morgan fingerprint density at radius 3 is 2.44 bits per heavy atom. The van der Waals surface area contributed by atoms with Crippen molar-refractivity contribution in [3.63, 3.8) is 0 Å². The van der Waals surface area contributed by atoms with E-state index in [0.717, 1.165) is 43.0 Å². The molecule has 5 rings (SSSR count). The number of carboxylic acid groups (broad SMARTS) is 1. The molecule has 0 unspecified atom stereocenters. The van der Waals surface area contributed by atoms with Crippen LogP contribution in [0, 0.1) is 0 Å². The summed E-state index contributed by atoms with van der Waals surface area (Å²) in [6.07, 6.45) is 3.63. The van der Waals surface area contributed by atoms with Crippen LogP contribution in [0.5, 0.6) is 17.2 Å². The molecule has 11 nitrogen and oxygen atoms in total. The molecule has 0 aliphatic carbocycles. The summed E-state index contributed by atoms with van der Waals surface area (Å²) in [5, 5.41) is 9.86. The number of benzene rings is 2. The van der Waals surface area contributed by atoms with E-state index in [2.05, 4.69) is 4.90 Å². The highest BCUT2D eigenvalue weighted by atomic mass is 16.6. The molecule has 0 bridgehead atoms. The summed E-state index contributed by atoms with van der Waals surface area (Å²) in [5.41, 5.74) is 1.32. The number of hydrogen-bond acceptors (Lipinski definition) is 8. The first-order valence-electron chi connectivity index (χ1n) is 15.2. The molecule has 1 amide bonds. The van der Waals surface area contributed by atoms with Crippen molar-refractivity contribution in [3.8, 4) is 17.2 Å². The second-order valence-corrected chi connectivity index (χ2v) is 12.3. The van der Waals surface area contributed by atoms with Gasteiger partial charge in [-0.05, 0) is 75.1 Å². The van der Waals surface area contributed by atoms with Gasteiger partial charge in [-0.3, -0.25) is 4.79 Å². The highest BCUT2D eigenvalue weighted by Gasteiger charge is 2.31. The van der Waals surface area contributed by atoms with E-state index >= 15 is 0 Å². The predicted molar refractivity (Wildman–Crippen MR) is 170 cm³/mol. The maximum absolute atomic E-state index is 13.4. The van der Waals surface area contributed by atoms with Gasteiger partial charge in [0.1, 0.15) is 24.6 Å². The molecule has 3 heterocycles. The van der Waals surface area contributed by atoms with Crippen molar-refractivity contribution in [1.29, 1.82) is 0 Å². The van der Waals surface area contributed by atoms with Crippen molar-refractivity contribution in [2.45, 2.75) is 58.3 Å². The van der Waals surface area contributed by atoms with E-state index in [9.17, 15) is 14.4 Å². The van der Waals surface area contributed by atoms with Crippen LogP contribution in [-0.4, -0.2) is 83.1 Å². The normalized spacial score (nSPS) is 15.7. The molecule has 1 aromatic heterocycles. The molecule has 2 aliphatic rings. The standard InChI is InChI=1S/C34H41N3O8/c1-34(2,3)45-33(41)37(22-23-5-9-29-30(19-23)44-18-17-43-29)25-11-13-35(14-12-25)15-16-36-28-21-26(42-4)7-8-27(28)24(20-31(36)38)6-10-32(39)40/h5-10,19-21,25H,11-18,22H2,1-4H3,(H,39,40)/b10-6+. The topological polar surface area (TPSA) is 120 Å². The molecule has 0 saturated carbocycles. The predicted octanol–water partition coefficient (Wildman–Crippen LogP) is 4.78. The van der Waals surface area contributed by atoms with E-state index in [1.165, 1.54) is 12.1 Å². The molecule has 11 heteroatoms. The van der Waals surface area contributed by atoms with Gasteiger partial charge in [0.15, 0.2) is 11.5 Å². The number of likely N-dealkylation sites (tertiary alicyclic amines) is 1. The molecule has 1 saturated heterocycles. The second kappa shape index (κ2) is 13.6. The zero-order chi connectivity index (χ0) is 32.1. The first-order valence-corrected chi connectivity index (χ1v) is 15.2. The molecule has 45 heavy (non-hydrogen) atoms. The summed E-state index contributed by atoms with van der Waals surface area (Å²) in [6, 6.07) is 12.7. The number of pyridine rings is 1. The zero-order valence-corrected chi connectivity index (χ0v) is 26.3. The number of fused-ring (bicyclic) bond motifs is 2. The first kappa shape index (κ1) is 31.9. The Bertz CT molecular complexity index is 1630. The Morgan fingerprint density at radius 1 is 1.02 bits per heavy atom. The number of hydrogen-bond donors (Lipinski definition) is 1. The number of carboxylic acids is 1. The molecular formula is C34H41N3O8. The lowest BCUT2D eigenvalue weighted by atomic mass is 10.0. The Hall–Kier alpha value is -4.51. The molecule has 240 valence electrons. The monoisotopic (exact) mass is 619 g/mol.